The predicted molar refractivity (Wildman–Crippen MR) is 50.9 cm³/mol. The van der Waals surface area contributed by atoms with Crippen molar-refractivity contribution in [2.45, 2.75) is 6.18 Å². The van der Waals surface area contributed by atoms with Gasteiger partial charge in [-0.25, -0.2) is 4.39 Å². The van der Waals surface area contributed by atoms with Crippen molar-refractivity contribution >= 4 is 17.4 Å². The number of rotatable bonds is 2. The van der Waals surface area contributed by atoms with Gasteiger partial charge < -0.3 is 0 Å². The van der Waals surface area contributed by atoms with Crippen LogP contribution < -0.4 is 0 Å². The maximum absolute atomic E-state index is 12.6. The zero-order valence-corrected chi connectivity index (χ0v) is 8.44. The zero-order chi connectivity index (χ0) is 12.3. The number of benzene rings is 1. The number of carbonyl (C=O) groups excluding carboxylic acids is 1. The van der Waals surface area contributed by atoms with E-state index in [0.29, 0.717) is 6.08 Å². The molecule has 0 N–H and O–H groups in total. The standard InChI is InChI=1S/C10H5ClF4O/c11-8-5-6(12)1-2-7(8)9(16)3-4-10(13,14)15/h1-5H/b4-3+. The van der Waals surface area contributed by atoms with Crippen molar-refractivity contribution in [2.75, 3.05) is 0 Å². The number of hydrogen-bond acceptors (Lipinski definition) is 1. The minimum absolute atomic E-state index is 0.177. The van der Waals surface area contributed by atoms with Gasteiger partial charge in [0.2, 0.25) is 0 Å². The maximum atomic E-state index is 12.6. The topological polar surface area (TPSA) is 17.1 Å². The molecule has 0 bridgehead atoms. The number of hydrogen-bond donors (Lipinski definition) is 0. The van der Waals surface area contributed by atoms with Gasteiger partial charge in [-0.3, -0.25) is 4.79 Å². The number of ketones is 1. The average Bonchev–Trinajstić information content (AvgIpc) is 2.13. The molecule has 86 valence electrons. The lowest BCUT2D eigenvalue weighted by Gasteiger charge is -2.00. The molecular weight excluding hydrogens is 248 g/mol. The Kier molecular flexibility index (Phi) is 3.70. The molecule has 6 heteroatoms. The van der Waals surface area contributed by atoms with E-state index >= 15 is 0 Å². The molecule has 0 aromatic heterocycles. The van der Waals surface area contributed by atoms with Gasteiger partial charge in [0, 0.05) is 11.6 Å². The predicted octanol–water partition coefficient (Wildman–Crippen LogP) is 3.78. The van der Waals surface area contributed by atoms with Crippen LogP contribution in [0, 0.1) is 5.82 Å². The maximum Gasteiger partial charge on any atom is 0.409 e. The van der Waals surface area contributed by atoms with E-state index in [2.05, 4.69) is 0 Å². The SMILES string of the molecule is O=C(/C=C/C(F)(F)F)c1ccc(F)cc1Cl. The Hall–Kier alpha value is -1.36. The molecule has 0 fully saturated rings. The second-order valence-electron chi connectivity index (χ2n) is 2.86. The molecule has 0 unspecified atom stereocenters. The van der Waals surface area contributed by atoms with Gasteiger partial charge in [-0.2, -0.15) is 13.2 Å². The lowest BCUT2D eigenvalue weighted by atomic mass is 10.1. The third kappa shape index (κ3) is 3.66. The quantitative estimate of drug-likeness (QED) is 0.445. The van der Waals surface area contributed by atoms with Crippen LogP contribution in [-0.2, 0) is 0 Å². The number of carbonyl (C=O) groups is 1. The van der Waals surface area contributed by atoms with Crippen LogP contribution >= 0.6 is 11.6 Å². The van der Waals surface area contributed by atoms with Gasteiger partial charge in [-0.05, 0) is 24.3 Å². The van der Waals surface area contributed by atoms with E-state index in [4.69, 9.17) is 11.6 Å². The Morgan fingerprint density at radius 2 is 1.94 bits per heavy atom. The molecule has 1 aromatic carbocycles. The van der Waals surface area contributed by atoms with Crippen molar-refractivity contribution in [3.63, 3.8) is 0 Å². The average molecular weight is 253 g/mol. The summed E-state index contributed by atoms with van der Waals surface area (Å²) in [6, 6.07) is 2.83. The lowest BCUT2D eigenvalue weighted by molar-refractivity contribution is -0.0799. The van der Waals surface area contributed by atoms with Gasteiger partial charge in [0.05, 0.1) is 5.02 Å². The Labute approximate surface area is 93.3 Å². The summed E-state index contributed by atoms with van der Waals surface area (Å²) < 4.78 is 47.9. The molecule has 1 rings (SSSR count). The minimum Gasteiger partial charge on any atom is -0.289 e. The van der Waals surface area contributed by atoms with Crippen LogP contribution in [-0.4, -0.2) is 12.0 Å². The monoisotopic (exact) mass is 252 g/mol. The molecule has 0 aliphatic heterocycles. The fourth-order valence-electron chi connectivity index (χ4n) is 0.949. The highest BCUT2D eigenvalue weighted by atomic mass is 35.5. The highest BCUT2D eigenvalue weighted by Gasteiger charge is 2.23. The molecule has 0 heterocycles. The molecule has 0 aliphatic rings. The van der Waals surface area contributed by atoms with E-state index in [-0.39, 0.29) is 16.7 Å². The van der Waals surface area contributed by atoms with Gasteiger partial charge in [0.15, 0.2) is 5.78 Å². The molecule has 1 aromatic rings. The summed E-state index contributed by atoms with van der Waals surface area (Å²) in [6.07, 6.45) is -4.42. The van der Waals surface area contributed by atoms with Crippen LogP contribution in [0.15, 0.2) is 30.4 Å². The normalized spacial score (nSPS) is 12.1. The van der Waals surface area contributed by atoms with E-state index in [1.807, 2.05) is 0 Å². The van der Waals surface area contributed by atoms with E-state index < -0.39 is 17.8 Å². The first-order chi connectivity index (χ1) is 7.29. The smallest absolute Gasteiger partial charge is 0.289 e. The Morgan fingerprint density at radius 3 is 2.44 bits per heavy atom. The summed E-state index contributed by atoms with van der Waals surface area (Å²) in [7, 11) is 0. The summed E-state index contributed by atoms with van der Waals surface area (Å²) in [4.78, 5) is 11.2. The van der Waals surface area contributed by atoms with Gasteiger partial charge >= 0.3 is 6.18 Å². The van der Waals surface area contributed by atoms with Crippen LogP contribution in [0.25, 0.3) is 0 Å². The highest BCUT2D eigenvalue weighted by Crippen LogP contribution is 2.20. The van der Waals surface area contributed by atoms with Gasteiger partial charge in [0.25, 0.3) is 0 Å². The summed E-state index contributed by atoms with van der Waals surface area (Å²) in [6.45, 7) is 0. The van der Waals surface area contributed by atoms with Crippen molar-refractivity contribution < 1.29 is 22.4 Å². The van der Waals surface area contributed by atoms with Crippen molar-refractivity contribution in [3.8, 4) is 0 Å². The first kappa shape index (κ1) is 12.7. The van der Waals surface area contributed by atoms with Crippen molar-refractivity contribution in [2.24, 2.45) is 0 Å². The van der Waals surface area contributed by atoms with Gasteiger partial charge in [-0.15, -0.1) is 0 Å². The lowest BCUT2D eigenvalue weighted by Crippen LogP contribution is -2.04. The molecule has 1 nitrogen and oxygen atoms in total. The van der Waals surface area contributed by atoms with E-state index in [0.717, 1.165) is 18.2 Å². The van der Waals surface area contributed by atoms with Gasteiger partial charge in [-0.1, -0.05) is 11.6 Å². The van der Waals surface area contributed by atoms with Crippen LogP contribution in [0.1, 0.15) is 10.4 Å². The molecule has 0 saturated carbocycles. The van der Waals surface area contributed by atoms with Crippen molar-refractivity contribution in [1.82, 2.24) is 0 Å². The molecule has 0 radical (unpaired) electrons. The molecule has 0 amide bonds. The van der Waals surface area contributed by atoms with Crippen molar-refractivity contribution in [3.05, 3.63) is 46.8 Å². The Bertz CT molecular complexity index is 437. The van der Waals surface area contributed by atoms with Gasteiger partial charge in [0.1, 0.15) is 5.82 Å². The molecule has 0 aliphatic carbocycles. The third-order valence-electron chi connectivity index (χ3n) is 1.62. The summed E-state index contributed by atoms with van der Waals surface area (Å²) in [5, 5.41) is -0.225. The Balaban J connectivity index is 2.94. The molecular formula is C10H5ClF4O. The number of alkyl halides is 3. The number of halogens is 5. The van der Waals surface area contributed by atoms with Crippen molar-refractivity contribution in [1.29, 1.82) is 0 Å². The van der Waals surface area contributed by atoms with Crippen LogP contribution in [0.4, 0.5) is 17.6 Å². The summed E-state index contributed by atoms with van der Waals surface area (Å²) >= 11 is 5.50. The van der Waals surface area contributed by atoms with E-state index in [1.165, 1.54) is 0 Å². The highest BCUT2D eigenvalue weighted by molar-refractivity contribution is 6.34. The second kappa shape index (κ2) is 4.65. The van der Waals surface area contributed by atoms with E-state index in [1.54, 1.807) is 0 Å². The second-order valence-corrected chi connectivity index (χ2v) is 3.27. The number of allylic oxidation sites excluding steroid dienone is 2. The molecule has 0 saturated heterocycles. The summed E-state index contributed by atoms with van der Waals surface area (Å²) in [5.74, 6) is -1.59. The van der Waals surface area contributed by atoms with Crippen LogP contribution in [0.5, 0.6) is 0 Å². The van der Waals surface area contributed by atoms with E-state index in [9.17, 15) is 22.4 Å². The Morgan fingerprint density at radius 1 is 1.31 bits per heavy atom. The zero-order valence-electron chi connectivity index (χ0n) is 7.68. The first-order valence-corrected chi connectivity index (χ1v) is 4.43. The van der Waals surface area contributed by atoms with Crippen LogP contribution in [0.3, 0.4) is 0 Å². The third-order valence-corrected chi connectivity index (χ3v) is 1.93. The molecule has 0 atom stereocenters. The molecule has 0 spiro atoms. The fraction of sp³-hybridized carbons (Fsp3) is 0.100. The van der Waals surface area contributed by atoms with Crippen LogP contribution in [0.2, 0.25) is 5.02 Å². The first-order valence-electron chi connectivity index (χ1n) is 4.05. The molecule has 16 heavy (non-hydrogen) atoms. The summed E-state index contributed by atoms with van der Waals surface area (Å²) in [5.41, 5.74) is -0.177. The largest absolute Gasteiger partial charge is 0.409 e. The minimum atomic E-state index is -4.57. The fourth-order valence-corrected chi connectivity index (χ4v) is 1.21.